The highest BCUT2D eigenvalue weighted by Gasteiger charge is 2.17. The second-order valence-corrected chi connectivity index (χ2v) is 4.50. The molecule has 3 nitrogen and oxygen atoms in total. The van der Waals surface area contributed by atoms with Gasteiger partial charge in [-0.2, -0.15) is 0 Å². The van der Waals surface area contributed by atoms with E-state index < -0.39 is 0 Å². The monoisotopic (exact) mass is 213 g/mol. The van der Waals surface area contributed by atoms with Gasteiger partial charge in [0.2, 0.25) is 0 Å². The maximum atomic E-state index is 11.3. The lowest BCUT2D eigenvalue weighted by Crippen LogP contribution is -2.32. The van der Waals surface area contributed by atoms with Gasteiger partial charge in [-0.3, -0.25) is 4.79 Å². The number of esters is 1. The van der Waals surface area contributed by atoms with Crippen LogP contribution in [0.5, 0.6) is 0 Å². The first-order chi connectivity index (χ1) is 7.22. The van der Waals surface area contributed by atoms with Crippen molar-refractivity contribution in [1.29, 1.82) is 0 Å². The summed E-state index contributed by atoms with van der Waals surface area (Å²) in [5.74, 6) is 0.704. The van der Waals surface area contributed by atoms with Gasteiger partial charge in [0.25, 0.3) is 0 Å². The molecule has 0 saturated heterocycles. The molecule has 0 radical (unpaired) electrons. The van der Waals surface area contributed by atoms with Crippen molar-refractivity contribution in [2.24, 2.45) is 5.92 Å². The minimum atomic E-state index is -0.116. The molecule has 0 spiro atoms. The van der Waals surface area contributed by atoms with Crippen LogP contribution in [0.1, 0.15) is 46.0 Å². The first kappa shape index (κ1) is 12.5. The minimum absolute atomic E-state index is 0.116. The Labute approximate surface area is 92.6 Å². The normalized spacial score (nSPS) is 18.3. The third-order valence-electron chi connectivity index (χ3n) is 3.22. The van der Waals surface area contributed by atoms with Gasteiger partial charge in [0, 0.05) is 6.04 Å². The topological polar surface area (TPSA) is 38.3 Å². The Balaban J connectivity index is 1.93. The summed E-state index contributed by atoms with van der Waals surface area (Å²) in [5, 5.41) is 3.12. The van der Waals surface area contributed by atoms with Crippen molar-refractivity contribution in [3.8, 4) is 0 Å². The molecule has 0 aliphatic heterocycles. The summed E-state index contributed by atoms with van der Waals surface area (Å²) in [6.45, 7) is 5.12. The molecule has 3 heteroatoms. The standard InChI is InChI=1S/C12H23NO2/c1-3-10(2)13-9-12(14)15-8-7-11-5-4-6-11/h10-11,13H,3-9H2,1-2H3. The lowest BCUT2D eigenvalue weighted by Gasteiger charge is -2.24. The molecule has 88 valence electrons. The molecule has 1 aliphatic carbocycles. The molecule has 1 atom stereocenters. The van der Waals surface area contributed by atoms with Gasteiger partial charge in [0.15, 0.2) is 0 Å². The minimum Gasteiger partial charge on any atom is -0.465 e. The highest BCUT2D eigenvalue weighted by Crippen LogP contribution is 2.28. The van der Waals surface area contributed by atoms with E-state index >= 15 is 0 Å². The Kier molecular flexibility index (Phi) is 5.69. The van der Waals surface area contributed by atoms with Crippen LogP contribution >= 0.6 is 0 Å². The first-order valence-electron chi connectivity index (χ1n) is 6.11. The molecule has 0 amide bonds. The van der Waals surface area contributed by atoms with Crippen LogP contribution in [0.4, 0.5) is 0 Å². The second kappa shape index (κ2) is 6.83. The van der Waals surface area contributed by atoms with Gasteiger partial charge in [-0.15, -0.1) is 0 Å². The van der Waals surface area contributed by atoms with Crippen LogP contribution in [0.15, 0.2) is 0 Å². The summed E-state index contributed by atoms with van der Waals surface area (Å²) in [7, 11) is 0. The van der Waals surface area contributed by atoms with E-state index in [0.29, 0.717) is 19.2 Å². The summed E-state index contributed by atoms with van der Waals surface area (Å²) in [6.07, 6.45) is 6.09. The van der Waals surface area contributed by atoms with Crippen LogP contribution in [0.3, 0.4) is 0 Å². The highest BCUT2D eigenvalue weighted by atomic mass is 16.5. The molecule has 1 unspecified atom stereocenters. The van der Waals surface area contributed by atoms with Crippen molar-refractivity contribution in [1.82, 2.24) is 5.32 Å². The fraction of sp³-hybridized carbons (Fsp3) is 0.917. The molecule has 0 aromatic rings. The zero-order valence-corrected chi connectivity index (χ0v) is 9.92. The molecule has 0 heterocycles. The predicted octanol–water partition coefficient (Wildman–Crippen LogP) is 2.11. The number of rotatable bonds is 7. The molecule has 15 heavy (non-hydrogen) atoms. The number of ether oxygens (including phenoxy) is 1. The molecular weight excluding hydrogens is 190 g/mol. The van der Waals surface area contributed by atoms with Crippen molar-refractivity contribution < 1.29 is 9.53 Å². The van der Waals surface area contributed by atoms with E-state index in [2.05, 4.69) is 19.2 Å². The maximum absolute atomic E-state index is 11.3. The number of nitrogens with one attached hydrogen (secondary N) is 1. The van der Waals surface area contributed by atoms with Gasteiger partial charge in [-0.25, -0.2) is 0 Å². The van der Waals surface area contributed by atoms with Gasteiger partial charge in [-0.1, -0.05) is 26.2 Å². The van der Waals surface area contributed by atoms with E-state index in [-0.39, 0.29) is 5.97 Å². The fourth-order valence-corrected chi connectivity index (χ4v) is 1.57. The Hall–Kier alpha value is -0.570. The van der Waals surface area contributed by atoms with E-state index in [0.717, 1.165) is 18.8 Å². The first-order valence-corrected chi connectivity index (χ1v) is 6.11. The lowest BCUT2D eigenvalue weighted by atomic mass is 9.83. The van der Waals surface area contributed by atoms with E-state index in [4.69, 9.17) is 4.74 Å². The Morgan fingerprint density at radius 2 is 2.27 bits per heavy atom. The van der Waals surface area contributed by atoms with Crippen LogP contribution in [-0.2, 0) is 9.53 Å². The third kappa shape index (κ3) is 5.17. The largest absolute Gasteiger partial charge is 0.465 e. The van der Waals surface area contributed by atoms with Crippen LogP contribution in [-0.4, -0.2) is 25.2 Å². The van der Waals surface area contributed by atoms with Gasteiger partial charge in [0.1, 0.15) is 0 Å². The smallest absolute Gasteiger partial charge is 0.319 e. The van der Waals surface area contributed by atoms with Gasteiger partial charge in [-0.05, 0) is 25.7 Å². The molecule has 1 rings (SSSR count). The van der Waals surface area contributed by atoms with Crippen LogP contribution < -0.4 is 5.32 Å². The Morgan fingerprint density at radius 1 is 1.53 bits per heavy atom. The van der Waals surface area contributed by atoms with Crippen LogP contribution in [0.2, 0.25) is 0 Å². The SMILES string of the molecule is CCC(C)NCC(=O)OCCC1CCC1. The van der Waals surface area contributed by atoms with Crippen molar-refractivity contribution in [3.05, 3.63) is 0 Å². The summed E-state index contributed by atoms with van der Waals surface area (Å²) in [6, 6.07) is 0.393. The predicted molar refractivity (Wildman–Crippen MR) is 60.7 cm³/mol. The highest BCUT2D eigenvalue weighted by molar-refractivity contribution is 5.71. The molecule has 0 aromatic carbocycles. The molecule has 0 aromatic heterocycles. The maximum Gasteiger partial charge on any atom is 0.319 e. The van der Waals surface area contributed by atoms with Crippen molar-refractivity contribution in [3.63, 3.8) is 0 Å². The van der Waals surface area contributed by atoms with E-state index in [9.17, 15) is 4.79 Å². The summed E-state index contributed by atoms with van der Waals surface area (Å²) < 4.78 is 5.14. The summed E-state index contributed by atoms with van der Waals surface area (Å²) in [5.41, 5.74) is 0. The Bertz CT molecular complexity index is 190. The molecule has 1 N–H and O–H groups in total. The quantitative estimate of drug-likeness (QED) is 0.658. The van der Waals surface area contributed by atoms with Gasteiger partial charge >= 0.3 is 5.97 Å². The number of carbonyl (C=O) groups excluding carboxylic acids is 1. The fourth-order valence-electron chi connectivity index (χ4n) is 1.57. The summed E-state index contributed by atoms with van der Waals surface area (Å²) in [4.78, 5) is 11.3. The molecular formula is C12H23NO2. The van der Waals surface area contributed by atoms with E-state index in [1.54, 1.807) is 0 Å². The second-order valence-electron chi connectivity index (χ2n) is 4.50. The Morgan fingerprint density at radius 3 is 2.80 bits per heavy atom. The zero-order chi connectivity index (χ0) is 11.1. The molecule has 1 fully saturated rings. The van der Waals surface area contributed by atoms with Crippen LogP contribution in [0, 0.1) is 5.92 Å². The number of hydrogen-bond acceptors (Lipinski definition) is 3. The molecule has 1 saturated carbocycles. The van der Waals surface area contributed by atoms with Crippen molar-refractivity contribution in [2.45, 2.75) is 52.0 Å². The van der Waals surface area contributed by atoms with Crippen molar-refractivity contribution >= 4 is 5.97 Å². The van der Waals surface area contributed by atoms with Crippen molar-refractivity contribution in [2.75, 3.05) is 13.2 Å². The molecule has 0 bridgehead atoms. The summed E-state index contributed by atoms with van der Waals surface area (Å²) >= 11 is 0. The number of hydrogen-bond donors (Lipinski definition) is 1. The van der Waals surface area contributed by atoms with Crippen LogP contribution in [0.25, 0.3) is 0 Å². The van der Waals surface area contributed by atoms with E-state index in [1.165, 1.54) is 19.3 Å². The molecule has 1 aliphatic rings. The number of carbonyl (C=O) groups is 1. The van der Waals surface area contributed by atoms with Gasteiger partial charge in [0.05, 0.1) is 13.2 Å². The lowest BCUT2D eigenvalue weighted by molar-refractivity contribution is -0.143. The third-order valence-corrected chi connectivity index (χ3v) is 3.22. The van der Waals surface area contributed by atoms with Gasteiger partial charge < -0.3 is 10.1 Å². The average Bonchev–Trinajstić information content (AvgIpc) is 2.18. The average molecular weight is 213 g/mol. The van der Waals surface area contributed by atoms with E-state index in [1.807, 2.05) is 0 Å². The zero-order valence-electron chi connectivity index (χ0n) is 9.92.